The second-order valence-electron chi connectivity index (χ2n) is 7.01. The monoisotopic (exact) mass is 344 g/mol. The average Bonchev–Trinajstić information content (AvgIpc) is 3.14. The summed E-state index contributed by atoms with van der Waals surface area (Å²) < 4.78 is 15.2. The van der Waals surface area contributed by atoms with E-state index in [4.69, 9.17) is 0 Å². The zero-order valence-corrected chi connectivity index (χ0v) is 15.0. The van der Waals surface area contributed by atoms with Crippen LogP contribution in [0.15, 0.2) is 36.7 Å². The normalized spacial score (nSPS) is 20.4. The number of hydrogen-bond donors (Lipinski definition) is 0. The van der Waals surface area contributed by atoms with Crippen LogP contribution < -0.4 is 0 Å². The van der Waals surface area contributed by atoms with Crippen LogP contribution in [0.5, 0.6) is 0 Å². The van der Waals surface area contributed by atoms with E-state index in [1.807, 2.05) is 24.3 Å². The fraction of sp³-hybridized carbons (Fsp3) is 0.474. The fourth-order valence-corrected chi connectivity index (χ4v) is 3.74. The van der Waals surface area contributed by atoms with Crippen molar-refractivity contribution in [3.63, 3.8) is 0 Å². The molecule has 134 valence electrons. The van der Waals surface area contributed by atoms with Crippen molar-refractivity contribution in [3.8, 4) is 0 Å². The number of likely N-dealkylation sites (N-methyl/N-ethyl adjacent to an activating group) is 1. The zero-order valence-electron chi connectivity index (χ0n) is 15.0. The molecular formula is C19H25FN4O. The largest absolute Gasteiger partial charge is 0.337 e. The number of benzene rings is 1. The molecule has 6 heteroatoms. The minimum absolute atomic E-state index is 0.0591. The number of halogens is 1. The predicted molar refractivity (Wildman–Crippen MR) is 94.6 cm³/mol. The highest BCUT2D eigenvalue weighted by atomic mass is 19.1. The van der Waals surface area contributed by atoms with Gasteiger partial charge in [0.1, 0.15) is 5.82 Å². The molecule has 0 unspecified atom stereocenters. The van der Waals surface area contributed by atoms with Crippen LogP contribution in [0.1, 0.15) is 17.5 Å². The molecule has 1 fully saturated rings. The Morgan fingerprint density at radius 3 is 2.80 bits per heavy atom. The lowest BCUT2D eigenvalue weighted by Crippen LogP contribution is -2.46. The quantitative estimate of drug-likeness (QED) is 0.832. The molecule has 1 saturated heterocycles. The Kier molecular flexibility index (Phi) is 5.18. The summed E-state index contributed by atoms with van der Waals surface area (Å²) in [6, 6.07) is 6.72. The number of hydrogen-bond acceptors (Lipinski definition) is 3. The first-order valence-electron chi connectivity index (χ1n) is 8.62. The number of rotatable bonds is 5. The van der Waals surface area contributed by atoms with Crippen molar-refractivity contribution in [1.29, 1.82) is 0 Å². The summed E-state index contributed by atoms with van der Waals surface area (Å²) in [5, 5.41) is 4.23. The Labute approximate surface area is 148 Å². The van der Waals surface area contributed by atoms with E-state index in [1.165, 1.54) is 12.1 Å². The van der Waals surface area contributed by atoms with E-state index in [2.05, 4.69) is 24.1 Å². The maximum atomic E-state index is 13.4. The van der Waals surface area contributed by atoms with Crippen molar-refractivity contribution >= 4 is 5.91 Å². The standard InChI is InChI=1S/C19H25FN4O/c1-22(2)17-7-8-24(18(17)10-15-12-21-23(3)13-15)19(25)11-14-5-4-6-16(20)9-14/h4-6,9,12-13,17-18H,7-8,10-11H2,1-3H3/t17-,18+/m1/s1. The van der Waals surface area contributed by atoms with Gasteiger partial charge >= 0.3 is 0 Å². The number of carbonyl (C=O) groups excluding carboxylic acids is 1. The van der Waals surface area contributed by atoms with Crippen LogP contribution in [0.25, 0.3) is 0 Å². The van der Waals surface area contributed by atoms with Gasteiger partial charge in [-0.3, -0.25) is 9.48 Å². The topological polar surface area (TPSA) is 41.4 Å². The number of amides is 1. The van der Waals surface area contributed by atoms with Gasteiger partial charge in [-0.2, -0.15) is 5.10 Å². The molecule has 1 aromatic carbocycles. The first-order valence-corrected chi connectivity index (χ1v) is 8.62. The van der Waals surface area contributed by atoms with Crippen molar-refractivity contribution in [1.82, 2.24) is 19.6 Å². The summed E-state index contributed by atoms with van der Waals surface area (Å²) in [5.74, 6) is -0.242. The number of nitrogens with zero attached hydrogens (tertiary/aromatic N) is 4. The van der Waals surface area contributed by atoms with Crippen molar-refractivity contribution in [3.05, 3.63) is 53.6 Å². The maximum absolute atomic E-state index is 13.4. The van der Waals surface area contributed by atoms with Gasteiger partial charge in [0, 0.05) is 25.8 Å². The number of likely N-dealkylation sites (tertiary alicyclic amines) is 1. The van der Waals surface area contributed by atoms with Crippen LogP contribution in [-0.4, -0.2) is 58.2 Å². The van der Waals surface area contributed by atoms with E-state index in [0.29, 0.717) is 6.04 Å². The molecule has 1 aliphatic heterocycles. The Morgan fingerprint density at radius 2 is 2.16 bits per heavy atom. The van der Waals surface area contributed by atoms with Gasteiger partial charge in [-0.05, 0) is 50.2 Å². The Morgan fingerprint density at radius 1 is 1.36 bits per heavy atom. The lowest BCUT2D eigenvalue weighted by molar-refractivity contribution is -0.131. The summed E-state index contributed by atoms with van der Waals surface area (Å²) in [4.78, 5) is 17.0. The molecule has 2 atom stereocenters. The number of carbonyl (C=O) groups is 1. The molecule has 25 heavy (non-hydrogen) atoms. The summed E-state index contributed by atoms with van der Waals surface area (Å²) in [7, 11) is 6.01. The van der Waals surface area contributed by atoms with Gasteiger partial charge in [-0.1, -0.05) is 12.1 Å². The third kappa shape index (κ3) is 4.07. The highest BCUT2D eigenvalue weighted by Crippen LogP contribution is 2.25. The van der Waals surface area contributed by atoms with E-state index in [1.54, 1.807) is 16.8 Å². The maximum Gasteiger partial charge on any atom is 0.227 e. The summed E-state index contributed by atoms with van der Waals surface area (Å²) >= 11 is 0. The molecule has 0 N–H and O–H groups in total. The Balaban J connectivity index is 1.76. The first-order chi connectivity index (χ1) is 11.9. The van der Waals surface area contributed by atoms with Crippen LogP contribution in [0.4, 0.5) is 4.39 Å². The zero-order chi connectivity index (χ0) is 18.0. The highest BCUT2D eigenvalue weighted by Gasteiger charge is 2.38. The molecule has 0 spiro atoms. The molecule has 1 aromatic heterocycles. The van der Waals surface area contributed by atoms with Crippen molar-refractivity contribution in [2.75, 3.05) is 20.6 Å². The third-order valence-corrected chi connectivity index (χ3v) is 4.94. The van der Waals surface area contributed by atoms with Gasteiger partial charge < -0.3 is 9.80 Å². The van der Waals surface area contributed by atoms with Gasteiger partial charge in [-0.25, -0.2) is 4.39 Å². The molecule has 0 aliphatic carbocycles. The lowest BCUT2D eigenvalue weighted by Gasteiger charge is -2.31. The third-order valence-electron chi connectivity index (χ3n) is 4.94. The molecule has 3 rings (SSSR count). The van der Waals surface area contributed by atoms with Crippen LogP contribution in [0.2, 0.25) is 0 Å². The molecule has 0 saturated carbocycles. The fourth-order valence-electron chi connectivity index (χ4n) is 3.74. The van der Waals surface area contributed by atoms with Crippen LogP contribution in [0, 0.1) is 5.82 Å². The van der Waals surface area contributed by atoms with E-state index >= 15 is 0 Å². The van der Waals surface area contributed by atoms with Crippen LogP contribution >= 0.6 is 0 Å². The summed E-state index contributed by atoms with van der Waals surface area (Å²) in [6.07, 6.45) is 5.83. The van der Waals surface area contributed by atoms with Gasteiger partial charge in [0.15, 0.2) is 0 Å². The minimum atomic E-state index is -0.301. The van der Waals surface area contributed by atoms with Gasteiger partial charge in [0.25, 0.3) is 0 Å². The SMILES string of the molecule is CN(C)[C@@H]1CCN(C(=O)Cc2cccc(F)c2)[C@H]1Cc1cnn(C)c1. The van der Waals surface area contributed by atoms with Crippen molar-refractivity contribution < 1.29 is 9.18 Å². The molecule has 2 heterocycles. The van der Waals surface area contributed by atoms with Crippen molar-refractivity contribution in [2.24, 2.45) is 7.05 Å². The minimum Gasteiger partial charge on any atom is -0.337 e. The number of aryl methyl sites for hydroxylation is 1. The van der Waals surface area contributed by atoms with E-state index in [0.717, 1.165) is 30.5 Å². The molecule has 2 aromatic rings. The second kappa shape index (κ2) is 7.35. The van der Waals surface area contributed by atoms with E-state index in [-0.39, 0.29) is 24.2 Å². The van der Waals surface area contributed by atoms with Gasteiger partial charge in [0.05, 0.1) is 18.7 Å². The highest BCUT2D eigenvalue weighted by molar-refractivity contribution is 5.79. The van der Waals surface area contributed by atoms with Gasteiger partial charge in [0.2, 0.25) is 5.91 Å². The van der Waals surface area contributed by atoms with Crippen LogP contribution in [0.3, 0.4) is 0 Å². The summed E-state index contributed by atoms with van der Waals surface area (Å²) in [5.41, 5.74) is 1.85. The lowest BCUT2D eigenvalue weighted by atomic mass is 10.0. The summed E-state index contributed by atoms with van der Waals surface area (Å²) in [6.45, 7) is 0.738. The molecule has 0 bridgehead atoms. The Hall–Kier alpha value is -2.21. The molecule has 0 radical (unpaired) electrons. The Bertz CT molecular complexity index is 743. The molecule has 1 aliphatic rings. The second-order valence-corrected chi connectivity index (χ2v) is 7.01. The van der Waals surface area contributed by atoms with E-state index in [9.17, 15) is 9.18 Å². The van der Waals surface area contributed by atoms with E-state index < -0.39 is 0 Å². The van der Waals surface area contributed by atoms with Gasteiger partial charge in [-0.15, -0.1) is 0 Å². The average molecular weight is 344 g/mol. The molecule has 1 amide bonds. The smallest absolute Gasteiger partial charge is 0.227 e. The van der Waals surface area contributed by atoms with Crippen molar-refractivity contribution in [2.45, 2.75) is 31.3 Å². The first kappa shape index (κ1) is 17.6. The van der Waals surface area contributed by atoms with Crippen LogP contribution in [-0.2, 0) is 24.7 Å². The molecule has 5 nitrogen and oxygen atoms in total. The molecular weight excluding hydrogens is 319 g/mol. The predicted octanol–water partition coefficient (Wildman–Crippen LogP) is 1.88. The number of aromatic nitrogens is 2.